The summed E-state index contributed by atoms with van der Waals surface area (Å²) in [5.74, 6) is 0. The highest BCUT2D eigenvalue weighted by Crippen LogP contribution is 2.16. The van der Waals surface area contributed by atoms with Gasteiger partial charge in [-0.1, -0.05) is 20.8 Å². The monoisotopic (exact) mass is 301 g/mol. The zero-order valence-corrected chi connectivity index (χ0v) is 12.2. The molecule has 96 valence electrons. The Kier molecular flexibility index (Phi) is 5.33. The molecule has 5 heteroatoms. The van der Waals surface area contributed by atoms with E-state index in [1.54, 1.807) is 10.9 Å². The molecule has 0 fully saturated rings. The Morgan fingerprint density at radius 1 is 1.41 bits per heavy atom. The minimum absolute atomic E-state index is 0.0300. The third kappa shape index (κ3) is 5.46. The van der Waals surface area contributed by atoms with Crippen LogP contribution in [0.15, 0.2) is 21.8 Å². The number of rotatable bonds is 5. The molecule has 0 aliphatic carbocycles. The molecule has 0 bridgehead atoms. The van der Waals surface area contributed by atoms with E-state index in [1.165, 1.54) is 6.20 Å². The van der Waals surface area contributed by atoms with Crippen molar-refractivity contribution in [1.29, 1.82) is 0 Å². The lowest BCUT2D eigenvalue weighted by atomic mass is 9.92. The highest BCUT2D eigenvalue weighted by Gasteiger charge is 2.08. The summed E-state index contributed by atoms with van der Waals surface area (Å²) in [4.78, 5) is 15.6. The predicted octanol–water partition coefficient (Wildman–Crippen LogP) is 2.03. The zero-order valence-electron chi connectivity index (χ0n) is 10.7. The van der Waals surface area contributed by atoms with Gasteiger partial charge in [-0.25, -0.2) is 4.98 Å². The first-order chi connectivity index (χ1) is 7.90. The molecule has 0 atom stereocenters. The molecule has 0 saturated heterocycles. The number of aromatic nitrogens is 2. The Morgan fingerprint density at radius 3 is 2.76 bits per heavy atom. The molecule has 1 aromatic heterocycles. The largest absolute Gasteiger partial charge is 0.315 e. The third-order valence-electron chi connectivity index (χ3n) is 2.44. The smallest absolute Gasteiger partial charge is 0.267 e. The maximum Gasteiger partial charge on any atom is 0.267 e. The Hall–Kier alpha value is -0.680. The maximum absolute atomic E-state index is 11.6. The second-order valence-electron chi connectivity index (χ2n) is 5.30. The van der Waals surface area contributed by atoms with Gasteiger partial charge in [0.2, 0.25) is 0 Å². The van der Waals surface area contributed by atoms with Crippen molar-refractivity contribution in [2.24, 2.45) is 5.41 Å². The first kappa shape index (κ1) is 14.4. The molecule has 0 aromatic carbocycles. The predicted molar refractivity (Wildman–Crippen MR) is 73.1 cm³/mol. The molecule has 1 aromatic rings. The van der Waals surface area contributed by atoms with Crippen LogP contribution in [0.2, 0.25) is 0 Å². The van der Waals surface area contributed by atoms with Gasteiger partial charge in [0.1, 0.15) is 4.47 Å². The molecule has 0 spiro atoms. The Labute approximate surface area is 111 Å². The molecule has 4 nitrogen and oxygen atoms in total. The topological polar surface area (TPSA) is 46.9 Å². The second-order valence-corrected chi connectivity index (χ2v) is 6.16. The fourth-order valence-corrected chi connectivity index (χ4v) is 1.72. The third-order valence-corrected chi connectivity index (χ3v) is 2.98. The molecule has 1 heterocycles. The lowest BCUT2D eigenvalue weighted by molar-refractivity contribution is 0.365. The Balaban J connectivity index is 2.32. The van der Waals surface area contributed by atoms with E-state index >= 15 is 0 Å². The van der Waals surface area contributed by atoms with Crippen LogP contribution in [0.4, 0.5) is 0 Å². The lowest BCUT2D eigenvalue weighted by Gasteiger charge is -2.18. The van der Waals surface area contributed by atoms with Gasteiger partial charge in [-0.05, 0) is 34.3 Å². The van der Waals surface area contributed by atoms with E-state index in [0.717, 1.165) is 19.5 Å². The summed E-state index contributed by atoms with van der Waals surface area (Å²) in [6.07, 6.45) is 4.21. The Bertz CT molecular complexity index is 409. The number of hydrogen-bond donors (Lipinski definition) is 1. The number of nitrogens with one attached hydrogen (secondary N) is 1. The van der Waals surface area contributed by atoms with E-state index in [4.69, 9.17) is 0 Å². The van der Waals surface area contributed by atoms with Crippen LogP contribution in [0.3, 0.4) is 0 Å². The molecule has 17 heavy (non-hydrogen) atoms. The van der Waals surface area contributed by atoms with Gasteiger partial charge >= 0.3 is 0 Å². The summed E-state index contributed by atoms with van der Waals surface area (Å²) in [6, 6.07) is 0. The SMILES string of the molecule is CC(C)(C)CCNCCn1cncc(Br)c1=O. The summed E-state index contributed by atoms with van der Waals surface area (Å²) < 4.78 is 2.11. The van der Waals surface area contributed by atoms with E-state index in [9.17, 15) is 4.79 Å². The van der Waals surface area contributed by atoms with Crippen LogP contribution in [-0.2, 0) is 6.54 Å². The molecule has 0 aliphatic rings. The zero-order chi connectivity index (χ0) is 12.9. The van der Waals surface area contributed by atoms with Gasteiger partial charge < -0.3 is 5.32 Å². The molecular formula is C12H20BrN3O. The van der Waals surface area contributed by atoms with Gasteiger partial charge in [0.15, 0.2) is 0 Å². The van der Waals surface area contributed by atoms with Crippen LogP contribution >= 0.6 is 15.9 Å². The fourth-order valence-electron chi connectivity index (χ4n) is 1.37. The quantitative estimate of drug-likeness (QED) is 0.847. The Morgan fingerprint density at radius 2 is 2.12 bits per heavy atom. The summed E-state index contributed by atoms with van der Waals surface area (Å²) >= 11 is 3.18. The number of halogens is 1. The van der Waals surface area contributed by atoms with Crippen LogP contribution in [0.5, 0.6) is 0 Å². The van der Waals surface area contributed by atoms with Crippen LogP contribution in [0, 0.1) is 5.41 Å². The molecule has 0 aliphatic heterocycles. The van der Waals surface area contributed by atoms with Crippen LogP contribution < -0.4 is 10.9 Å². The summed E-state index contributed by atoms with van der Waals surface area (Å²) in [6.45, 7) is 9.06. The second kappa shape index (κ2) is 6.31. The van der Waals surface area contributed by atoms with E-state index in [-0.39, 0.29) is 5.56 Å². The van der Waals surface area contributed by atoms with Crippen LogP contribution in [-0.4, -0.2) is 22.6 Å². The van der Waals surface area contributed by atoms with Gasteiger partial charge in [-0.2, -0.15) is 0 Å². The van der Waals surface area contributed by atoms with Crippen molar-refractivity contribution in [1.82, 2.24) is 14.9 Å². The first-order valence-electron chi connectivity index (χ1n) is 5.81. The molecule has 1 rings (SSSR count). The van der Waals surface area contributed by atoms with Crippen molar-refractivity contribution in [3.05, 3.63) is 27.4 Å². The van der Waals surface area contributed by atoms with E-state index in [2.05, 4.69) is 47.0 Å². The minimum Gasteiger partial charge on any atom is -0.315 e. The first-order valence-corrected chi connectivity index (χ1v) is 6.60. The van der Waals surface area contributed by atoms with E-state index in [1.807, 2.05) is 0 Å². The fraction of sp³-hybridized carbons (Fsp3) is 0.667. The number of hydrogen-bond acceptors (Lipinski definition) is 3. The highest BCUT2D eigenvalue weighted by molar-refractivity contribution is 9.10. The van der Waals surface area contributed by atoms with Gasteiger partial charge in [-0.15, -0.1) is 0 Å². The van der Waals surface area contributed by atoms with Gasteiger partial charge in [0.05, 0.1) is 6.33 Å². The van der Waals surface area contributed by atoms with Crippen molar-refractivity contribution in [3.8, 4) is 0 Å². The van der Waals surface area contributed by atoms with Crippen molar-refractivity contribution in [2.45, 2.75) is 33.7 Å². The van der Waals surface area contributed by atoms with Gasteiger partial charge in [0, 0.05) is 19.3 Å². The van der Waals surface area contributed by atoms with Gasteiger partial charge in [-0.3, -0.25) is 9.36 Å². The summed E-state index contributed by atoms with van der Waals surface area (Å²) in [5.41, 5.74) is 0.318. The highest BCUT2D eigenvalue weighted by atomic mass is 79.9. The minimum atomic E-state index is -0.0300. The molecule has 0 radical (unpaired) electrons. The van der Waals surface area contributed by atoms with Crippen molar-refractivity contribution in [2.75, 3.05) is 13.1 Å². The standard InChI is InChI=1S/C12H20BrN3O/c1-12(2,3)4-5-14-6-7-16-9-15-8-10(13)11(16)17/h8-9,14H,4-7H2,1-3H3. The summed E-state index contributed by atoms with van der Waals surface area (Å²) in [7, 11) is 0. The van der Waals surface area contributed by atoms with Crippen LogP contribution in [0.25, 0.3) is 0 Å². The van der Waals surface area contributed by atoms with Crippen LogP contribution in [0.1, 0.15) is 27.2 Å². The lowest BCUT2D eigenvalue weighted by Crippen LogP contribution is -2.29. The van der Waals surface area contributed by atoms with E-state index in [0.29, 0.717) is 16.4 Å². The molecular weight excluding hydrogens is 282 g/mol. The van der Waals surface area contributed by atoms with E-state index < -0.39 is 0 Å². The van der Waals surface area contributed by atoms with Gasteiger partial charge in [0.25, 0.3) is 5.56 Å². The van der Waals surface area contributed by atoms with Crippen molar-refractivity contribution < 1.29 is 0 Å². The average molecular weight is 302 g/mol. The molecule has 0 unspecified atom stereocenters. The molecule has 0 saturated carbocycles. The summed E-state index contributed by atoms with van der Waals surface area (Å²) in [5, 5.41) is 3.33. The maximum atomic E-state index is 11.6. The van der Waals surface area contributed by atoms with Crippen molar-refractivity contribution >= 4 is 15.9 Å². The number of nitrogens with zero attached hydrogens (tertiary/aromatic N) is 2. The molecule has 1 N–H and O–H groups in total. The normalized spacial score (nSPS) is 11.8. The average Bonchev–Trinajstić information content (AvgIpc) is 2.22. The van der Waals surface area contributed by atoms with Crippen molar-refractivity contribution in [3.63, 3.8) is 0 Å². The molecule has 0 amide bonds.